The minimum absolute atomic E-state index is 0.00260. The van der Waals surface area contributed by atoms with Gasteiger partial charge < -0.3 is 94.5 Å². The average molecular weight is 1690 g/mol. The Morgan fingerprint density at radius 1 is 0.488 bits per heavy atom. The first-order chi connectivity index (χ1) is 58.9. The zero-order valence-electron chi connectivity index (χ0n) is 66.6. The van der Waals surface area contributed by atoms with Gasteiger partial charge in [0, 0.05) is 115 Å². The Morgan fingerprint density at radius 2 is 0.846 bits per heavy atom. The lowest BCUT2D eigenvalue weighted by atomic mass is 10.1. The molecule has 3 fully saturated rings. The molecule has 10 N–H and O–H groups in total. The summed E-state index contributed by atoms with van der Waals surface area (Å²) in [6.45, 7) is 0.836. The highest BCUT2D eigenvalue weighted by Gasteiger charge is 2.44. The number of aromatic amines is 2. The van der Waals surface area contributed by atoms with E-state index in [0.29, 0.717) is 50.8 Å². The van der Waals surface area contributed by atoms with E-state index in [-0.39, 0.29) is 99.9 Å². The zero-order chi connectivity index (χ0) is 88.7. The molecule has 9 amide bonds. The Labute approximate surface area is 697 Å². The molecule has 3 aliphatic heterocycles. The van der Waals surface area contributed by atoms with Crippen LogP contribution in [-0.2, 0) is 87.7 Å². The van der Waals surface area contributed by atoms with Gasteiger partial charge >= 0.3 is 35.4 Å². The number of rotatable bonds is 27. The molecular weight excluding hydrogens is 1610 g/mol. The predicted octanol–water partition coefficient (Wildman–Crippen LogP) is 2.10. The molecule has 642 valence electrons. The average Bonchev–Trinajstić information content (AvgIpc) is 1.76. The third kappa shape index (κ3) is 23.8. The Morgan fingerprint density at radius 3 is 1.20 bits per heavy atom. The molecule has 12 rings (SSSR count). The second kappa shape index (κ2) is 42.0. The number of benzene rings is 7. The van der Waals surface area contributed by atoms with E-state index >= 15 is 0 Å². The molecule has 41 heteroatoms. The van der Waals surface area contributed by atoms with Crippen LogP contribution >= 0.6 is 0 Å². The number of ether oxygens (including phenoxy) is 7. The highest BCUT2D eigenvalue weighted by molar-refractivity contribution is 6.08. The van der Waals surface area contributed by atoms with Gasteiger partial charge in [-0.05, 0) is 133 Å². The van der Waals surface area contributed by atoms with E-state index in [1.165, 1.54) is 138 Å². The maximum Gasteiger partial charge on any atom is 0.439 e. The number of esters is 4. The number of anilines is 6. The first kappa shape index (κ1) is 90.1. The number of aliphatic hydroxyl groups is 2. The zero-order valence-corrected chi connectivity index (χ0v) is 66.6. The topological polar surface area (TPSA) is 550 Å². The number of amidine groups is 1. The van der Waals surface area contributed by atoms with Crippen molar-refractivity contribution in [2.45, 2.75) is 50.2 Å². The molecular formula is C82H83N15O26. The molecule has 9 aromatic rings. The molecule has 0 spiro atoms. The van der Waals surface area contributed by atoms with Gasteiger partial charge in [0.05, 0.1) is 34.0 Å². The number of nitrogens with one attached hydrogen (secondary N) is 6. The predicted molar refractivity (Wildman–Crippen MR) is 433 cm³/mol. The normalized spacial score (nSPS) is 15.6. The summed E-state index contributed by atoms with van der Waals surface area (Å²) in [4.78, 5) is 199. The van der Waals surface area contributed by atoms with E-state index in [1.807, 2.05) is 30.3 Å². The fourth-order valence-corrected chi connectivity index (χ4v) is 12.3. The number of nitrogens with two attached hydrogens (primary N) is 1. The summed E-state index contributed by atoms with van der Waals surface area (Å²) in [5.41, 5.74) is 10.4. The molecule has 0 saturated carbocycles. The van der Waals surface area contributed by atoms with Crippen LogP contribution in [0.4, 0.5) is 34.1 Å². The van der Waals surface area contributed by atoms with Crippen molar-refractivity contribution in [3.63, 3.8) is 0 Å². The number of H-pyrrole nitrogens is 2. The van der Waals surface area contributed by atoms with Crippen molar-refractivity contribution in [1.29, 1.82) is 5.41 Å². The molecule has 0 radical (unpaired) electrons. The number of nitrogen functional groups attached to an aromatic ring is 1. The van der Waals surface area contributed by atoms with Crippen molar-refractivity contribution in [2.24, 2.45) is 5.73 Å². The van der Waals surface area contributed by atoms with Crippen molar-refractivity contribution in [2.75, 3.05) is 125 Å². The molecule has 0 unspecified atom stereocenters. The highest BCUT2D eigenvalue weighted by Crippen LogP contribution is 2.29. The molecule has 3 saturated heterocycles. The third-order valence-corrected chi connectivity index (χ3v) is 18.5. The fraction of sp³-hybridized carbons (Fsp3) is 0.268. The lowest BCUT2D eigenvalue weighted by Crippen LogP contribution is -2.56. The molecule has 0 bridgehead atoms. The summed E-state index contributed by atoms with van der Waals surface area (Å²) in [6, 6.07) is 46.2. The molecule has 3 aliphatic rings. The number of carbonyl (C=O) groups is 13. The molecule has 41 nitrogen and oxygen atoms in total. The Hall–Kier alpha value is -15.2. The summed E-state index contributed by atoms with van der Waals surface area (Å²) in [6.07, 6.45) is -9.73. The summed E-state index contributed by atoms with van der Waals surface area (Å²) in [7, 11) is 6.79. The fourth-order valence-electron chi connectivity index (χ4n) is 12.3. The Kier molecular flexibility index (Phi) is 30.7. The Balaban J connectivity index is 0.000000196. The maximum absolute atomic E-state index is 13.7. The van der Waals surface area contributed by atoms with Gasteiger partial charge in [0.25, 0.3) is 53.2 Å². The molecule has 7 aromatic carbocycles. The number of hydrogen-bond donors (Lipinski definition) is 9. The molecule has 6 atom stereocenters. The van der Waals surface area contributed by atoms with E-state index in [1.54, 1.807) is 72.8 Å². The maximum atomic E-state index is 13.7. The number of aliphatic hydroxyl groups excluding tert-OH is 2. The van der Waals surface area contributed by atoms with Crippen LogP contribution in [0.1, 0.15) is 49.1 Å². The largest absolute Gasteiger partial charge is 0.468 e. The van der Waals surface area contributed by atoms with Gasteiger partial charge in [0.1, 0.15) is 32.1 Å². The third-order valence-electron chi connectivity index (χ3n) is 18.5. The van der Waals surface area contributed by atoms with E-state index in [2.05, 4.69) is 54.8 Å². The van der Waals surface area contributed by atoms with E-state index in [4.69, 9.17) is 34.8 Å². The first-order valence-corrected chi connectivity index (χ1v) is 37.3. The van der Waals surface area contributed by atoms with Gasteiger partial charge in [-0.3, -0.25) is 86.8 Å². The van der Waals surface area contributed by atoms with E-state index < -0.39 is 125 Å². The monoisotopic (exact) mass is 1690 g/mol. The quantitative estimate of drug-likeness (QED) is 0.0154. The van der Waals surface area contributed by atoms with Crippen LogP contribution in [0.5, 0.6) is 0 Å². The van der Waals surface area contributed by atoms with Crippen LogP contribution in [0.25, 0.3) is 22.8 Å². The summed E-state index contributed by atoms with van der Waals surface area (Å²) >= 11 is 0. The summed E-state index contributed by atoms with van der Waals surface area (Å²) in [5, 5.41) is 43.4. The van der Waals surface area contributed by atoms with Crippen LogP contribution in [-0.4, -0.2) is 259 Å². The number of nitrogens with zero attached hydrogens (tertiary/aromatic N) is 8. The molecule has 2 aromatic heterocycles. The van der Waals surface area contributed by atoms with Crippen molar-refractivity contribution in [3.05, 3.63) is 225 Å². The number of likely N-dealkylation sites (N-methyl/N-ethyl adjacent to an activating group) is 3. The van der Waals surface area contributed by atoms with Gasteiger partial charge in [0.15, 0.2) is 42.2 Å². The van der Waals surface area contributed by atoms with E-state index in [9.17, 15) is 82.1 Å². The minimum Gasteiger partial charge on any atom is -0.468 e. The SMILES string of the molecule is CC(=O)O[C@@H](C(=O)Nc1ccc(-c2noc(=O)[nH]2)cc1)[C@H]1OCCN(c2cccc(C(=O)N(C)CC(=O)OCc3ccccc3)c2)C1=O.COC(=O)CN(C)C(=O)c1cccc(N2CCO[C@H]([C@@H](O)C(=O)Nc3ccc(-c4noc(=O)[nH]4)cc3)C2=O)c1.COC(=O)CN(C)C(=O)c1cccc(N2CCO[C@H]([C@@H](O)C(=O)Nc3ccc(C(=N)N)cc3)C2=O)c1. The Bertz CT molecular complexity index is 5500. The van der Waals surface area contributed by atoms with Crippen LogP contribution < -0.4 is 47.9 Å². The standard InChI is InChI=1S/C33H31N5O10.C25H25N5O9.C24H27N5O7/c1-20(39)47-27(30(41)34-24-13-11-22(12-14-24)29-35-33(44)48-36-29)28-32(43)38(15-16-45-28)25-10-6-9-23(17-25)31(42)37(2)18-26(40)46-19-21-7-4-3-5-8-21;1-29(13-18(31)37-2)23(34)15-4-3-5-17(12-15)30-10-11-38-20(24(30)35)19(32)22(33)26-16-8-6-14(7-9-16)21-27-25(36)39-28-21;1-28(13-18(30)35-2)23(33)15-4-3-5-17(12-15)29-10-11-36-20(24(29)34)19(31)22(32)27-16-8-6-14(7-9-16)21(25)26/h3-14,17,27-28H,15-16,18-19H2,1-2H3,(H,34,41)(H,35,36,44);3-9,12,19-20,32H,10-11,13H2,1-2H3,(H,26,33)(H,27,28,36);3-9,12,19-20,31H,10-11,13H2,1-2H3,(H3,25,26)(H,27,32)/t27-,28-;2*19-,20-/m111/s1. The molecule has 0 aliphatic carbocycles. The second-order valence-electron chi connectivity index (χ2n) is 27.2. The van der Waals surface area contributed by atoms with Crippen LogP contribution in [0.15, 0.2) is 195 Å². The number of morpholine rings is 3. The van der Waals surface area contributed by atoms with Gasteiger partial charge in [-0.1, -0.05) is 58.8 Å². The van der Waals surface area contributed by atoms with Gasteiger partial charge in [-0.25, -0.2) is 9.59 Å². The van der Waals surface area contributed by atoms with Crippen LogP contribution in [0, 0.1) is 5.41 Å². The van der Waals surface area contributed by atoms with Gasteiger partial charge in [-0.2, -0.15) is 0 Å². The van der Waals surface area contributed by atoms with Crippen molar-refractivity contribution >= 4 is 117 Å². The van der Waals surface area contributed by atoms with Crippen molar-refractivity contribution in [3.8, 4) is 22.8 Å². The number of amides is 9. The van der Waals surface area contributed by atoms with Crippen molar-refractivity contribution in [1.82, 2.24) is 35.0 Å². The number of methoxy groups -OCH3 is 2. The van der Waals surface area contributed by atoms with Gasteiger partial charge in [-0.15, -0.1) is 0 Å². The number of carbonyl (C=O) groups excluding carboxylic acids is 13. The van der Waals surface area contributed by atoms with Crippen LogP contribution in [0.3, 0.4) is 0 Å². The number of hydrogen-bond acceptors (Lipinski definition) is 29. The highest BCUT2D eigenvalue weighted by atomic mass is 16.6. The molecule has 123 heavy (non-hydrogen) atoms. The summed E-state index contributed by atoms with van der Waals surface area (Å²) < 4.78 is 45.1. The number of aromatic nitrogens is 4. The lowest BCUT2D eigenvalue weighted by Gasteiger charge is -2.35. The minimum atomic E-state index is -1.83. The second-order valence-corrected chi connectivity index (χ2v) is 27.2. The summed E-state index contributed by atoms with van der Waals surface area (Å²) in [5.74, 6) is -9.63. The molecule has 5 heterocycles. The first-order valence-electron chi connectivity index (χ1n) is 37.3. The lowest BCUT2D eigenvalue weighted by molar-refractivity contribution is -0.167. The van der Waals surface area contributed by atoms with Gasteiger partial charge in [0.2, 0.25) is 6.10 Å². The van der Waals surface area contributed by atoms with E-state index in [0.717, 1.165) is 12.5 Å². The smallest absolute Gasteiger partial charge is 0.439 e. The van der Waals surface area contributed by atoms with Crippen LogP contribution in [0.2, 0.25) is 0 Å². The van der Waals surface area contributed by atoms with Crippen molar-refractivity contribution < 1.29 is 115 Å².